The fourth-order valence-corrected chi connectivity index (χ4v) is 2.35. The summed E-state index contributed by atoms with van der Waals surface area (Å²) in [6.45, 7) is 0. The number of nitrogens with zero attached hydrogens (tertiary/aromatic N) is 2. The van der Waals surface area contributed by atoms with Gasteiger partial charge in [-0.3, -0.25) is 4.98 Å². The minimum absolute atomic E-state index is 0.0232. The van der Waals surface area contributed by atoms with E-state index in [-0.39, 0.29) is 9.41 Å². The molecule has 0 N–H and O–H groups in total. The highest BCUT2D eigenvalue weighted by Gasteiger charge is 2.29. The molecule has 0 aliphatic carbocycles. The van der Waals surface area contributed by atoms with Crippen molar-refractivity contribution in [3.63, 3.8) is 0 Å². The number of halogens is 1. The second-order valence-electron chi connectivity index (χ2n) is 2.61. The van der Waals surface area contributed by atoms with Crippen molar-refractivity contribution in [1.29, 1.82) is 0 Å². The predicted molar refractivity (Wildman–Crippen MR) is 53.6 cm³/mol. The van der Waals surface area contributed by atoms with Crippen LogP contribution >= 0.6 is 11.6 Å². The maximum Gasteiger partial charge on any atom is 0.236 e. The minimum atomic E-state index is -3.57. The number of pyridine rings is 1. The van der Waals surface area contributed by atoms with E-state index in [1.54, 1.807) is 12.1 Å². The Hall–Kier alpha value is -1.20. The van der Waals surface area contributed by atoms with Crippen LogP contribution in [0.25, 0.3) is 0 Å². The minimum Gasteiger partial charge on any atom is -0.265 e. The van der Waals surface area contributed by atoms with E-state index in [2.05, 4.69) is 9.98 Å². The van der Waals surface area contributed by atoms with Gasteiger partial charge in [0, 0.05) is 18.0 Å². The smallest absolute Gasteiger partial charge is 0.236 e. The van der Waals surface area contributed by atoms with Crippen molar-refractivity contribution in [3.05, 3.63) is 40.7 Å². The summed E-state index contributed by atoms with van der Waals surface area (Å²) in [5, 5.41) is -0.0232. The second kappa shape index (κ2) is 3.18. The van der Waals surface area contributed by atoms with E-state index in [1.807, 2.05) is 0 Å². The Labute approximate surface area is 85.9 Å². The highest BCUT2D eigenvalue weighted by molar-refractivity contribution is 8.11. The molecule has 0 aromatic carbocycles. The van der Waals surface area contributed by atoms with Crippen LogP contribution in [0.1, 0.15) is 5.56 Å². The molecule has 72 valence electrons. The summed E-state index contributed by atoms with van der Waals surface area (Å²) in [6, 6.07) is 3.14. The molecular weight excluding hydrogens is 224 g/mol. The topological polar surface area (TPSA) is 59.4 Å². The molecule has 4 nitrogen and oxygen atoms in total. The summed E-state index contributed by atoms with van der Waals surface area (Å²) in [5.41, 5.74) is 0.493. The van der Waals surface area contributed by atoms with Crippen molar-refractivity contribution in [2.45, 2.75) is 0 Å². The molecule has 0 amide bonds. The Bertz CT molecular complexity index is 520. The summed E-state index contributed by atoms with van der Waals surface area (Å²) in [7, 11) is -3.57. The van der Waals surface area contributed by atoms with Crippen LogP contribution < -0.4 is 0 Å². The van der Waals surface area contributed by atoms with Gasteiger partial charge in [-0.25, -0.2) is 13.4 Å². The molecule has 0 fully saturated rings. The first-order valence-electron chi connectivity index (χ1n) is 3.71. The van der Waals surface area contributed by atoms with Crippen LogP contribution in [0.4, 0.5) is 0 Å². The van der Waals surface area contributed by atoms with Gasteiger partial charge < -0.3 is 0 Å². The van der Waals surface area contributed by atoms with Gasteiger partial charge in [0.15, 0.2) is 9.41 Å². The van der Waals surface area contributed by atoms with Crippen molar-refractivity contribution < 1.29 is 8.42 Å². The van der Waals surface area contributed by atoms with E-state index in [4.69, 9.17) is 11.6 Å². The van der Waals surface area contributed by atoms with Crippen molar-refractivity contribution in [2.75, 3.05) is 0 Å². The van der Waals surface area contributed by atoms with Crippen molar-refractivity contribution in [2.24, 2.45) is 4.99 Å². The quantitative estimate of drug-likeness (QED) is 0.728. The van der Waals surface area contributed by atoms with Gasteiger partial charge in [-0.2, -0.15) is 0 Å². The average molecular weight is 229 g/mol. The molecule has 1 aliphatic rings. The normalized spacial score (nSPS) is 18.9. The molecule has 0 saturated heterocycles. The first-order valence-corrected chi connectivity index (χ1v) is 5.57. The third-order valence-corrected chi connectivity index (χ3v) is 3.90. The molecule has 0 unspecified atom stereocenters. The van der Waals surface area contributed by atoms with Crippen molar-refractivity contribution >= 4 is 26.5 Å². The highest BCUT2D eigenvalue weighted by Crippen LogP contribution is 2.24. The maximum absolute atomic E-state index is 11.5. The lowest BCUT2D eigenvalue weighted by Crippen LogP contribution is -2.12. The molecule has 1 aromatic rings. The molecule has 0 saturated carbocycles. The van der Waals surface area contributed by atoms with E-state index < -0.39 is 9.84 Å². The predicted octanol–water partition coefficient (Wildman–Crippen LogP) is 1.29. The highest BCUT2D eigenvalue weighted by atomic mass is 35.5. The van der Waals surface area contributed by atoms with E-state index in [1.165, 1.54) is 12.4 Å². The Balaban J connectivity index is 2.53. The third kappa shape index (κ3) is 1.34. The van der Waals surface area contributed by atoms with Gasteiger partial charge in [-0.1, -0.05) is 11.6 Å². The third-order valence-electron chi connectivity index (χ3n) is 1.72. The lowest BCUT2D eigenvalue weighted by Gasteiger charge is -1.99. The van der Waals surface area contributed by atoms with Crippen molar-refractivity contribution in [1.82, 2.24) is 4.98 Å². The molecule has 6 heteroatoms. The molecule has 2 rings (SSSR count). The van der Waals surface area contributed by atoms with Crippen LogP contribution in [0.5, 0.6) is 0 Å². The molecule has 0 bridgehead atoms. The van der Waals surface area contributed by atoms with Crippen LogP contribution in [0, 0.1) is 0 Å². The van der Waals surface area contributed by atoms with Gasteiger partial charge in [0.1, 0.15) is 0 Å². The molecular formula is C8H5ClN2O2S. The number of rotatable bonds is 1. The molecule has 0 radical (unpaired) electrons. The first-order chi connectivity index (χ1) is 6.62. The zero-order chi connectivity index (χ0) is 10.2. The van der Waals surface area contributed by atoms with Gasteiger partial charge in [-0.15, -0.1) is 0 Å². The van der Waals surface area contributed by atoms with Gasteiger partial charge in [0.2, 0.25) is 9.84 Å². The monoisotopic (exact) mass is 228 g/mol. The largest absolute Gasteiger partial charge is 0.265 e. The van der Waals surface area contributed by atoms with Gasteiger partial charge in [-0.05, 0) is 12.1 Å². The Morgan fingerprint density at radius 3 is 2.36 bits per heavy atom. The van der Waals surface area contributed by atoms with Gasteiger partial charge in [0.05, 0.1) is 6.20 Å². The van der Waals surface area contributed by atoms with Crippen LogP contribution in [-0.2, 0) is 9.84 Å². The molecule has 1 aliphatic heterocycles. The fraction of sp³-hybridized carbons (Fsp3) is 0. The maximum atomic E-state index is 11.5. The molecule has 14 heavy (non-hydrogen) atoms. The second-order valence-corrected chi connectivity index (χ2v) is 5.07. The SMILES string of the molecule is O=S1(=O)C(Cl)=CN=C1c1ccncc1. The number of hydrogen-bond donors (Lipinski definition) is 0. The van der Waals surface area contributed by atoms with Gasteiger partial charge >= 0.3 is 0 Å². The number of hydrogen-bond acceptors (Lipinski definition) is 4. The fourth-order valence-electron chi connectivity index (χ4n) is 1.06. The van der Waals surface area contributed by atoms with Gasteiger partial charge in [0.25, 0.3) is 0 Å². The number of aromatic nitrogens is 1. The van der Waals surface area contributed by atoms with E-state index in [0.717, 1.165) is 6.20 Å². The first kappa shape index (κ1) is 9.36. The number of aliphatic imine (C=N–C) groups is 1. The summed E-state index contributed by atoms with van der Waals surface area (Å²) in [4.78, 5) is 7.53. The lowest BCUT2D eigenvalue weighted by atomic mass is 10.3. The standard InChI is InChI=1S/C8H5ClN2O2S/c9-7-5-11-8(14(7,12)13)6-1-3-10-4-2-6/h1-5H. The van der Waals surface area contributed by atoms with Crippen LogP contribution in [0.15, 0.2) is 40.1 Å². The Morgan fingerprint density at radius 2 is 1.86 bits per heavy atom. The zero-order valence-corrected chi connectivity index (χ0v) is 8.46. The molecule has 0 spiro atoms. The molecule has 1 aromatic heterocycles. The Kier molecular flexibility index (Phi) is 2.13. The lowest BCUT2D eigenvalue weighted by molar-refractivity contribution is 0.615. The summed E-state index contributed by atoms with van der Waals surface area (Å²) in [5.74, 6) is 0. The Morgan fingerprint density at radius 1 is 1.21 bits per heavy atom. The summed E-state index contributed by atoms with van der Waals surface area (Å²) < 4.78 is 22.8. The summed E-state index contributed by atoms with van der Waals surface area (Å²) >= 11 is 5.49. The number of sulfone groups is 1. The average Bonchev–Trinajstić information content (AvgIpc) is 2.44. The molecule has 2 heterocycles. The van der Waals surface area contributed by atoms with Crippen LogP contribution in [0.3, 0.4) is 0 Å². The summed E-state index contributed by atoms with van der Waals surface area (Å²) in [6.07, 6.45) is 4.13. The van der Waals surface area contributed by atoms with Crippen LogP contribution in [0.2, 0.25) is 0 Å². The van der Waals surface area contributed by atoms with E-state index >= 15 is 0 Å². The van der Waals surface area contributed by atoms with E-state index in [0.29, 0.717) is 5.56 Å². The van der Waals surface area contributed by atoms with Crippen LogP contribution in [-0.4, -0.2) is 18.4 Å². The molecule has 0 atom stereocenters. The van der Waals surface area contributed by atoms with E-state index in [9.17, 15) is 8.42 Å². The zero-order valence-electron chi connectivity index (χ0n) is 6.88. The van der Waals surface area contributed by atoms with Crippen molar-refractivity contribution in [3.8, 4) is 0 Å².